The van der Waals surface area contributed by atoms with E-state index in [1.165, 1.54) is 11.6 Å². The van der Waals surface area contributed by atoms with Crippen LogP contribution in [0.25, 0.3) is 0 Å². The normalized spacial score (nSPS) is 10.4. The fourth-order valence-corrected chi connectivity index (χ4v) is 2.17. The first-order chi connectivity index (χ1) is 10.1. The summed E-state index contributed by atoms with van der Waals surface area (Å²) in [6.07, 6.45) is 2.15. The molecular weight excluding hydrogens is 285 g/mol. The van der Waals surface area contributed by atoms with Crippen molar-refractivity contribution in [3.05, 3.63) is 65.0 Å². The first-order valence-corrected chi connectivity index (χ1v) is 7.31. The van der Waals surface area contributed by atoms with Gasteiger partial charge in [-0.1, -0.05) is 37.7 Å². The Morgan fingerprint density at radius 1 is 1.19 bits per heavy atom. The van der Waals surface area contributed by atoms with Crippen LogP contribution in [0.4, 0.5) is 4.39 Å². The second-order valence-corrected chi connectivity index (χ2v) is 5.29. The minimum atomic E-state index is -0.322. The summed E-state index contributed by atoms with van der Waals surface area (Å²) in [4.78, 5) is 0.250. The van der Waals surface area contributed by atoms with E-state index in [1.54, 1.807) is 12.1 Å². The molecule has 0 aromatic heterocycles. The molecule has 0 amide bonds. The molecule has 0 unspecified atom stereocenters. The van der Waals surface area contributed by atoms with Crippen LogP contribution in [0, 0.1) is 5.82 Å². The third kappa shape index (κ3) is 4.26. The highest BCUT2D eigenvalue weighted by molar-refractivity contribution is 7.80. The van der Waals surface area contributed by atoms with Gasteiger partial charge in [-0.3, -0.25) is 0 Å². The molecule has 0 aliphatic heterocycles. The van der Waals surface area contributed by atoms with Crippen LogP contribution in [0.2, 0.25) is 0 Å². The Bertz CT molecular complexity index is 625. The minimum Gasteiger partial charge on any atom is -0.489 e. The molecule has 0 saturated carbocycles. The first kappa shape index (κ1) is 15.4. The van der Waals surface area contributed by atoms with Crippen molar-refractivity contribution < 1.29 is 9.13 Å². The average Bonchev–Trinajstić information content (AvgIpc) is 2.48. The van der Waals surface area contributed by atoms with Crippen LogP contribution in [-0.2, 0) is 13.0 Å². The molecule has 0 fully saturated rings. The number of hydrogen-bond donors (Lipinski definition) is 1. The molecular formula is C17H18FNOS. The fourth-order valence-electron chi connectivity index (χ4n) is 2.04. The zero-order valence-electron chi connectivity index (χ0n) is 11.9. The summed E-state index contributed by atoms with van der Waals surface area (Å²) >= 11 is 4.90. The van der Waals surface area contributed by atoms with E-state index in [9.17, 15) is 4.39 Å². The zero-order chi connectivity index (χ0) is 15.2. The number of benzene rings is 2. The molecule has 0 saturated heterocycles. The van der Waals surface area contributed by atoms with E-state index in [4.69, 9.17) is 22.7 Å². The maximum absolute atomic E-state index is 13.7. The second-order valence-electron chi connectivity index (χ2n) is 4.85. The Balaban J connectivity index is 2.05. The third-order valence-corrected chi connectivity index (χ3v) is 3.42. The monoisotopic (exact) mass is 303 g/mol. The van der Waals surface area contributed by atoms with E-state index >= 15 is 0 Å². The Hall–Kier alpha value is -1.94. The van der Waals surface area contributed by atoms with Crippen molar-refractivity contribution >= 4 is 17.2 Å². The Morgan fingerprint density at radius 3 is 2.52 bits per heavy atom. The Morgan fingerprint density at radius 2 is 1.90 bits per heavy atom. The summed E-state index contributed by atoms with van der Waals surface area (Å²) in [7, 11) is 0. The highest BCUT2D eigenvalue weighted by atomic mass is 32.1. The second kappa shape index (κ2) is 7.18. The van der Waals surface area contributed by atoms with Crippen LogP contribution in [0.1, 0.15) is 30.0 Å². The van der Waals surface area contributed by atoms with E-state index in [2.05, 4.69) is 6.92 Å². The highest BCUT2D eigenvalue weighted by Crippen LogP contribution is 2.17. The maximum Gasteiger partial charge on any atom is 0.129 e. The maximum atomic E-state index is 13.7. The first-order valence-electron chi connectivity index (χ1n) is 6.90. The molecule has 21 heavy (non-hydrogen) atoms. The summed E-state index contributed by atoms with van der Waals surface area (Å²) in [5, 5.41) is 0. The van der Waals surface area contributed by atoms with E-state index in [0.29, 0.717) is 11.1 Å². The van der Waals surface area contributed by atoms with Gasteiger partial charge in [-0.05, 0) is 42.3 Å². The van der Waals surface area contributed by atoms with Crippen molar-refractivity contribution in [1.82, 2.24) is 0 Å². The third-order valence-electron chi connectivity index (χ3n) is 3.19. The summed E-state index contributed by atoms with van der Waals surface area (Å²) in [6, 6.07) is 12.4. The molecule has 0 spiro atoms. The summed E-state index contributed by atoms with van der Waals surface area (Å²) < 4.78 is 19.4. The summed E-state index contributed by atoms with van der Waals surface area (Å²) in [5.41, 5.74) is 7.91. The minimum absolute atomic E-state index is 0.148. The lowest BCUT2D eigenvalue weighted by atomic mass is 10.1. The van der Waals surface area contributed by atoms with Gasteiger partial charge in [0.1, 0.15) is 23.2 Å². The van der Waals surface area contributed by atoms with Gasteiger partial charge in [-0.2, -0.15) is 0 Å². The van der Waals surface area contributed by atoms with Gasteiger partial charge in [0.2, 0.25) is 0 Å². The number of nitrogens with two attached hydrogens (primary N) is 1. The molecule has 0 radical (unpaired) electrons. The SMILES string of the molecule is CCCc1ccc(OCc2cc(C(N)=S)ccc2F)cc1. The molecule has 0 heterocycles. The van der Waals surface area contributed by atoms with Gasteiger partial charge in [0.05, 0.1) is 0 Å². The number of halogens is 1. The van der Waals surface area contributed by atoms with Crippen molar-refractivity contribution in [1.29, 1.82) is 0 Å². The van der Waals surface area contributed by atoms with Crippen molar-refractivity contribution in [2.75, 3.05) is 0 Å². The molecule has 0 aliphatic rings. The summed E-state index contributed by atoms with van der Waals surface area (Å²) in [5.74, 6) is 0.396. The Labute approximate surface area is 129 Å². The van der Waals surface area contributed by atoms with Gasteiger partial charge in [0, 0.05) is 11.1 Å². The molecule has 0 aliphatic carbocycles. The van der Waals surface area contributed by atoms with Crippen LogP contribution in [0.5, 0.6) is 5.75 Å². The standard InChI is InChI=1S/C17H18FNOS/c1-2-3-12-4-7-15(8-5-12)20-11-14-10-13(17(19)21)6-9-16(14)18/h4-10H,2-3,11H2,1H3,(H2,19,21). The predicted octanol–water partition coefficient (Wildman–Crippen LogP) is 3.99. The smallest absolute Gasteiger partial charge is 0.129 e. The lowest BCUT2D eigenvalue weighted by molar-refractivity contribution is 0.299. The highest BCUT2D eigenvalue weighted by Gasteiger charge is 2.06. The molecule has 0 bridgehead atoms. The predicted molar refractivity (Wildman–Crippen MR) is 87.1 cm³/mol. The van der Waals surface area contributed by atoms with Crippen LogP contribution >= 0.6 is 12.2 Å². The average molecular weight is 303 g/mol. The van der Waals surface area contributed by atoms with E-state index in [0.717, 1.165) is 18.6 Å². The van der Waals surface area contributed by atoms with Gasteiger partial charge in [-0.15, -0.1) is 0 Å². The van der Waals surface area contributed by atoms with E-state index in [1.807, 2.05) is 24.3 Å². The molecule has 0 atom stereocenters. The molecule has 4 heteroatoms. The topological polar surface area (TPSA) is 35.2 Å². The largest absolute Gasteiger partial charge is 0.489 e. The van der Waals surface area contributed by atoms with Crippen LogP contribution < -0.4 is 10.5 Å². The quantitative estimate of drug-likeness (QED) is 0.820. The van der Waals surface area contributed by atoms with E-state index < -0.39 is 0 Å². The van der Waals surface area contributed by atoms with Gasteiger partial charge >= 0.3 is 0 Å². The molecule has 2 N–H and O–H groups in total. The lowest BCUT2D eigenvalue weighted by Gasteiger charge is -2.09. The number of aryl methyl sites for hydroxylation is 1. The van der Waals surface area contributed by atoms with Gasteiger partial charge in [-0.25, -0.2) is 4.39 Å². The van der Waals surface area contributed by atoms with Gasteiger partial charge in [0.15, 0.2) is 0 Å². The van der Waals surface area contributed by atoms with E-state index in [-0.39, 0.29) is 17.4 Å². The van der Waals surface area contributed by atoms with Gasteiger partial charge in [0.25, 0.3) is 0 Å². The number of rotatable bonds is 6. The number of hydrogen-bond acceptors (Lipinski definition) is 2. The van der Waals surface area contributed by atoms with Gasteiger partial charge < -0.3 is 10.5 Å². The zero-order valence-corrected chi connectivity index (χ0v) is 12.8. The number of thiocarbonyl (C=S) groups is 1. The van der Waals surface area contributed by atoms with Crippen molar-refractivity contribution in [2.45, 2.75) is 26.4 Å². The van der Waals surface area contributed by atoms with Crippen LogP contribution in [0.3, 0.4) is 0 Å². The molecule has 2 aromatic rings. The van der Waals surface area contributed by atoms with Crippen molar-refractivity contribution in [3.63, 3.8) is 0 Å². The van der Waals surface area contributed by atoms with Crippen LogP contribution in [0.15, 0.2) is 42.5 Å². The molecule has 2 nitrogen and oxygen atoms in total. The molecule has 2 rings (SSSR count). The molecule has 110 valence electrons. The summed E-state index contributed by atoms with van der Waals surface area (Å²) in [6.45, 7) is 2.29. The lowest BCUT2D eigenvalue weighted by Crippen LogP contribution is -2.10. The molecule has 2 aromatic carbocycles. The van der Waals surface area contributed by atoms with Crippen molar-refractivity contribution in [2.24, 2.45) is 5.73 Å². The Kier molecular flexibility index (Phi) is 5.28. The fraction of sp³-hybridized carbons (Fsp3) is 0.235. The van der Waals surface area contributed by atoms with Crippen LogP contribution in [-0.4, -0.2) is 4.99 Å². The van der Waals surface area contributed by atoms with Crippen molar-refractivity contribution in [3.8, 4) is 5.75 Å². The number of ether oxygens (including phenoxy) is 1.